The van der Waals surface area contributed by atoms with Crippen LogP contribution < -0.4 is 11.5 Å². The second-order valence-corrected chi connectivity index (χ2v) is 9.00. The Kier molecular flexibility index (Phi) is 3.16. The van der Waals surface area contributed by atoms with E-state index in [2.05, 4.69) is 16.0 Å². The number of aromatic amines is 1. The molecule has 5 N–H and O–H groups in total. The summed E-state index contributed by atoms with van der Waals surface area (Å²) in [6.07, 6.45) is 9.50. The number of nitrogens with two attached hydrogens (primary N) is 2. The molecule has 6 rings (SSSR count). The second kappa shape index (κ2) is 5.35. The summed E-state index contributed by atoms with van der Waals surface area (Å²) in [6, 6.07) is 8.46. The number of benzene rings is 1. The minimum atomic E-state index is -0.488. The lowest BCUT2D eigenvalue weighted by atomic mass is 9.46. The van der Waals surface area contributed by atoms with Crippen LogP contribution in [-0.4, -0.2) is 25.4 Å². The van der Waals surface area contributed by atoms with Crippen LogP contribution in [0.1, 0.15) is 31.4 Å². The van der Waals surface area contributed by atoms with E-state index in [4.69, 9.17) is 28.1 Å². The fourth-order valence-electron chi connectivity index (χ4n) is 5.53. The van der Waals surface area contributed by atoms with Crippen molar-refractivity contribution < 1.29 is 0 Å². The first-order chi connectivity index (χ1) is 13.5. The van der Waals surface area contributed by atoms with Gasteiger partial charge in [-0.15, -0.1) is 0 Å². The van der Waals surface area contributed by atoms with Gasteiger partial charge in [0.1, 0.15) is 16.5 Å². The Bertz CT molecular complexity index is 1220. The largest absolute Gasteiger partial charge is 0.360 e. The van der Waals surface area contributed by atoms with E-state index < -0.39 is 5.54 Å². The monoisotopic (exact) mass is 392 g/mol. The Morgan fingerprint density at radius 1 is 1.21 bits per heavy atom. The Morgan fingerprint density at radius 3 is 2.79 bits per heavy atom. The number of hydrogen-bond acceptors (Lipinski definition) is 4. The zero-order valence-corrected chi connectivity index (χ0v) is 16.1. The third-order valence-electron chi connectivity index (χ3n) is 6.57. The second-order valence-electron chi connectivity index (χ2n) is 8.65. The highest BCUT2D eigenvalue weighted by Gasteiger charge is 2.59. The predicted molar refractivity (Wildman–Crippen MR) is 110 cm³/mol. The molecule has 0 radical (unpaired) electrons. The number of H-pyrrole nitrogens is 1. The number of nitrogens with zero attached hydrogens (tertiary/aromatic N) is 3. The predicted octanol–water partition coefficient (Wildman–Crippen LogP) is 3.59. The summed E-state index contributed by atoms with van der Waals surface area (Å²) in [5.41, 5.74) is 17.0. The molecule has 1 aromatic carbocycles. The van der Waals surface area contributed by atoms with Crippen LogP contribution in [0.4, 0.5) is 0 Å². The van der Waals surface area contributed by atoms with Gasteiger partial charge in [0.2, 0.25) is 0 Å². The molecular weight excluding hydrogens is 372 g/mol. The van der Waals surface area contributed by atoms with Gasteiger partial charge in [-0.3, -0.25) is 4.40 Å². The standard InChI is InChI=1S/C21H21ClN6/c22-18-16(14-9-26-15-4-2-1-3-13(14)15)27-17(19-25-5-6-28(18)19)21(24)10-20(11-21)7-12(23)8-20/h1-6,9,12,26H,7-8,10-11,23-24H2. The van der Waals surface area contributed by atoms with Gasteiger partial charge in [-0.1, -0.05) is 29.8 Å². The van der Waals surface area contributed by atoms with Crippen LogP contribution in [0.3, 0.4) is 0 Å². The number of fused-ring (bicyclic) bond motifs is 2. The summed E-state index contributed by atoms with van der Waals surface area (Å²) in [6.45, 7) is 0. The van der Waals surface area contributed by atoms with Crippen LogP contribution >= 0.6 is 11.6 Å². The van der Waals surface area contributed by atoms with E-state index >= 15 is 0 Å². The van der Waals surface area contributed by atoms with Crippen molar-refractivity contribution in [3.05, 3.63) is 53.7 Å². The first-order valence-corrected chi connectivity index (χ1v) is 10.00. The summed E-state index contributed by atoms with van der Waals surface area (Å²) in [5, 5.41) is 1.63. The normalized spacial score (nSPS) is 29.3. The van der Waals surface area contributed by atoms with Gasteiger partial charge >= 0.3 is 0 Å². The van der Waals surface area contributed by atoms with Crippen molar-refractivity contribution in [3.8, 4) is 11.3 Å². The van der Waals surface area contributed by atoms with E-state index in [0.29, 0.717) is 16.6 Å². The molecule has 0 unspecified atom stereocenters. The van der Waals surface area contributed by atoms with Crippen molar-refractivity contribution in [1.29, 1.82) is 0 Å². The lowest BCUT2D eigenvalue weighted by Crippen LogP contribution is -2.63. The van der Waals surface area contributed by atoms with Crippen molar-refractivity contribution in [2.75, 3.05) is 0 Å². The average molecular weight is 393 g/mol. The van der Waals surface area contributed by atoms with Crippen molar-refractivity contribution in [1.82, 2.24) is 19.4 Å². The third-order valence-corrected chi connectivity index (χ3v) is 6.93. The van der Waals surface area contributed by atoms with Gasteiger partial charge in [0.05, 0.1) is 5.54 Å². The van der Waals surface area contributed by atoms with Crippen molar-refractivity contribution in [2.45, 2.75) is 37.3 Å². The van der Waals surface area contributed by atoms with Gasteiger partial charge < -0.3 is 16.5 Å². The minimum absolute atomic E-state index is 0.292. The molecule has 0 saturated heterocycles. The van der Waals surface area contributed by atoms with Gasteiger partial charge in [0, 0.05) is 41.1 Å². The highest BCUT2D eigenvalue weighted by molar-refractivity contribution is 6.32. The molecule has 0 aliphatic heterocycles. The molecule has 2 saturated carbocycles. The van der Waals surface area contributed by atoms with Gasteiger partial charge in [0.15, 0.2) is 5.65 Å². The molecule has 2 aliphatic carbocycles. The Labute approximate surface area is 166 Å². The van der Waals surface area contributed by atoms with Crippen LogP contribution in [-0.2, 0) is 5.54 Å². The number of imidazole rings is 1. The highest BCUT2D eigenvalue weighted by Crippen LogP contribution is 2.62. The zero-order valence-electron chi connectivity index (χ0n) is 15.3. The Morgan fingerprint density at radius 2 is 2.00 bits per heavy atom. The van der Waals surface area contributed by atoms with E-state index in [-0.39, 0.29) is 0 Å². The molecule has 0 amide bonds. The third kappa shape index (κ3) is 2.11. The lowest BCUT2D eigenvalue weighted by Gasteiger charge is -2.61. The number of rotatable bonds is 2. The van der Waals surface area contributed by atoms with Gasteiger partial charge in [-0.25, -0.2) is 9.97 Å². The topological polar surface area (TPSA) is 98.0 Å². The molecule has 142 valence electrons. The highest BCUT2D eigenvalue weighted by atomic mass is 35.5. The molecule has 2 aliphatic rings. The van der Waals surface area contributed by atoms with Gasteiger partial charge in [0.25, 0.3) is 0 Å². The summed E-state index contributed by atoms with van der Waals surface area (Å²) in [4.78, 5) is 12.8. The summed E-state index contributed by atoms with van der Waals surface area (Å²) in [7, 11) is 0. The van der Waals surface area contributed by atoms with Crippen LogP contribution in [0, 0.1) is 5.41 Å². The molecule has 7 heteroatoms. The van der Waals surface area contributed by atoms with Crippen molar-refractivity contribution >= 4 is 28.2 Å². The maximum atomic E-state index is 6.86. The molecule has 1 spiro atoms. The van der Waals surface area contributed by atoms with Crippen LogP contribution in [0.2, 0.25) is 5.15 Å². The molecule has 28 heavy (non-hydrogen) atoms. The number of para-hydroxylation sites is 1. The molecular formula is C21H21ClN6. The summed E-state index contributed by atoms with van der Waals surface area (Å²) < 4.78 is 1.90. The molecule has 3 heterocycles. The average Bonchev–Trinajstić information content (AvgIpc) is 3.27. The fourth-order valence-corrected chi connectivity index (χ4v) is 5.81. The molecule has 2 fully saturated rings. The molecule has 3 aromatic heterocycles. The number of aromatic nitrogens is 4. The van der Waals surface area contributed by atoms with Crippen molar-refractivity contribution in [3.63, 3.8) is 0 Å². The zero-order chi connectivity index (χ0) is 19.1. The van der Waals surface area contributed by atoms with E-state index in [1.165, 1.54) is 0 Å². The van der Waals surface area contributed by atoms with E-state index in [1.807, 2.05) is 35.0 Å². The summed E-state index contributed by atoms with van der Waals surface area (Å²) >= 11 is 6.76. The number of halogens is 1. The molecule has 0 atom stereocenters. The number of nitrogens with one attached hydrogen (secondary N) is 1. The Hall–Kier alpha value is -2.41. The molecule has 6 nitrogen and oxygen atoms in total. The van der Waals surface area contributed by atoms with E-state index in [1.54, 1.807) is 6.20 Å². The maximum Gasteiger partial charge on any atom is 0.161 e. The maximum absolute atomic E-state index is 6.86. The SMILES string of the molecule is NC1CC2(C1)CC(N)(c1nc(-c3c[nH]c4ccccc34)c(Cl)n3ccnc13)C2. The van der Waals surface area contributed by atoms with Gasteiger partial charge in [-0.2, -0.15) is 0 Å². The lowest BCUT2D eigenvalue weighted by molar-refractivity contribution is -0.0602. The van der Waals surface area contributed by atoms with E-state index in [9.17, 15) is 0 Å². The first-order valence-electron chi connectivity index (χ1n) is 9.62. The van der Waals surface area contributed by atoms with Crippen LogP contribution in [0.5, 0.6) is 0 Å². The molecule has 0 bridgehead atoms. The Balaban J connectivity index is 1.53. The number of hydrogen-bond donors (Lipinski definition) is 3. The van der Waals surface area contributed by atoms with E-state index in [0.717, 1.165) is 59.2 Å². The smallest absolute Gasteiger partial charge is 0.161 e. The quantitative estimate of drug-likeness (QED) is 0.485. The van der Waals surface area contributed by atoms with Crippen molar-refractivity contribution in [2.24, 2.45) is 16.9 Å². The fraction of sp³-hybridized carbons (Fsp3) is 0.333. The van der Waals surface area contributed by atoms with Crippen LogP contribution in [0.15, 0.2) is 42.9 Å². The van der Waals surface area contributed by atoms with Gasteiger partial charge in [-0.05, 0) is 37.2 Å². The minimum Gasteiger partial charge on any atom is -0.360 e. The van der Waals surface area contributed by atoms with Crippen LogP contribution in [0.25, 0.3) is 27.8 Å². The molecule has 4 aromatic rings. The first kappa shape index (κ1) is 16.5. The summed E-state index contributed by atoms with van der Waals surface area (Å²) in [5.74, 6) is 0.